The van der Waals surface area contributed by atoms with E-state index in [0.29, 0.717) is 32.0 Å². The number of morpholine rings is 1. The monoisotopic (exact) mass is 1150 g/mol. The van der Waals surface area contributed by atoms with Crippen molar-refractivity contribution in [2.75, 3.05) is 83.7 Å². The molecule has 1 aliphatic rings. The van der Waals surface area contributed by atoms with Gasteiger partial charge in [0.15, 0.2) is 0 Å². The number of aromatic nitrogens is 6. The van der Waals surface area contributed by atoms with E-state index < -0.39 is 60.1 Å². The molecular weight excluding hydrogens is 1110 g/mol. The third kappa shape index (κ3) is 18.8. The van der Waals surface area contributed by atoms with E-state index in [1.807, 2.05) is 0 Å². The van der Waals surface area contributed by atoms with Crippen molar-refractivity contribution in [1.82, 2.24) is 29.9 Å². The minimum absolute atomic E-state index is 0. The number of hydrogen-bond acceptors (Lipinski definition) is 27. The largest absolute Gasteiger partial charge is 1.00 e. The van der Waals surface area contributed by atoms with Crippen LogP contribution in [-0.4, -0.2) is 145 Å². The smallest absolute Gasteiger partial charge is 0.744 e. The Morgan fingerprint density at radius 3 is 1.20 bits per heavy atom. The SMILES string of the molecule is O=S(=O)([O-])c1ccc(Nc2nc(Nc3ccc(/C=C/c4ccc(Nc5nc(Nc6ccc(S(=O)(=O)[O-])cc6)nc(N6CCOCC6)n5)cc4S(=O)(=O)[O-])c(S(=O)(=O)[O-])c3)nc(N(CCO)CCO)n2)cc1.[Na+].[Na+].[Na+].[Na+]. The fourth-order valence-corrected chi connectivity index (χ4v) is 8.92. The fraction of sp³-hybridized carbons (Fsp3) is 0.200. The van der Waals surface area contributed by atoms with Gasteiger partial charge in [0.1, 0.15) is 40.5 Å². The minimum atomic E-state index is -5.27. The topological polar surface area (TPSA) is 410 Å². The predicted octanol–water partition coefficient (Wildman–Crippen LogP) is -10.5. The van der Waals surface area contributed by atoms with Crippen LogP contribution in [0.15, 0.2) is 105 Å². The van der Waals surface area contributed by atoms with Gasteiger partial charge in [-0.2, -0.15) is 29.9 Å². The first-order chi connectivity index (χ1) is 33.5. The maximum atomic E-state index is 12.7. The number of aliphatic hydroxyl groups is 2. The molecule has 376 valence electrons. The summed E-state index contributed by atoms with van der Waals surface area (Å²) < 4.78 is 150. The molecule has 3 heterocycles. The van der Waals surface area contributed by atoms with Crippen molar-refractivity contribution in [1.29, 1.82) is 0 Å². The predicted molar refractivity (Wildman–Crippen MR) is 249 cm³/mol. The third-order valence-corrected chi connectivity index (χ3v) is 13.4. The number of aliphatic hydroxyl groups excluding tert-OH is 2. The molecule has 75 heavy (non-hydrogen) atoms. The number of anilines is 10. The maximum Gasteiger partial charge on any atom is 1.00 e. The summed E-state index contributed by atoms with van der Waals surface area (Å²) in [4.78, 5) is 26.7. The first kappa shape index (κ1) is 66.2. The Morgan fingerprint density at radius 1 is 0.507 bits per heavy atom. The molecule has 1 saturated heterocycles. The Bertz CT molecular complexity index is 3420. The molecule has 0 amide bonds. The van der Waals surface area contributed by atoms with Crippen molar-refractivity contribution < 1.29 is 185 Å². The van der Waals surface area contributed by atoms with Crippen LogP contribution in [0.2, 0.25) is 0 Å². The van der Waals surface area contributed by atoms with Gasteiger partial charge in [0.05, 0.1) is 46.0 Å². The van der Waals surface area contributed by atoms with Crippen LogP contribution in [0.1, 0.15) is 11.1 Å². The molecular formula is C40H38N12Na4O15S4. The summed E-state index contributed by atoms with van der Waals surface area (Å²) in [5.41, 5.74) is 0.0269. The number of hydrogen-bond donors (Lipinski definition) is 6. The molecule has 0 aliphatic carbocycles. The Labute approximate surface area is 519 Å². The number of rotatable bonds is 20. The van der Waals surface area contributed by atoms with E-state index in [1.165, 1.54) is 53.4 Å². The Balaban J connectivity index is 0.00000371. The molecule has 0 spiro atoms. The van der Waals surface area contributed by atoms with Gasteiger partial charge in [0.25, 0.3) is 0 Å². The first-order valence-corrected chi connectivity index (χ1v) is 26.1. The molecule has 7 rings (SSSR count). The molecule has 0 radical (unpaired) electrons. The quantitative estimate of drug-likeness (QED) is 0.0235. The van der Waals surface area contributed by atoms with Crippen LogP contribution in [0.3, 0.4) is 0 Å². The van der Waals surface area contributed by atoms with Crippen LogP contribution < -0.4 is 149 Å². The molecule has 1 aliphatic heterocycles. The number of benzene rings is 4. The van der Waals surface area contributed by atoms with E-state index >= 15 is 0 Å². The van der Waals surface area contributed by atoms with Gasteiger partial charge in [-0.25, -0.2) is 33.7 Å². The normalized spacial score (nSPS) is 12.8. The first-order valence-electron chi connectivity index (χ1n) is 20.5. The van der Waals surface area contributed by atoms with Crippen LogP contribution in [0.5, 0.6) is 0 Å². The molecule has 0 unspecified atom stereocenters. The van der Waals surface area contributed by atoms with E-state index in [0.717, 1.165) is 48.6 Å². The van der Waals surface area contributed by atoms with Crippen molar-refractivity contribution in [3.05, 3.63) is 96.1 Å². The molecule has 2 aromatic heterocycles. The van der Waals surface area contributed by atoms with Crippen LogP contribution in [-0.2, 0) is 45.2 Å². The molecule has 0 saturated carbocycles. The summed E-state index contributed by atoms with van der Waals surface area (Å²) in [6.45, 7) is 0.623. The van der Waals surface area contributed by atoms with E-state index in [4.69, 9.17) is 4.74 Å². The van der Waals surface area contributed by atoms with Gasteiger partial charge in [-0.3, -0.25) is 0 Å². The van der Waals surface area contributed by atoms with Crippen LogP contribution in [0.25, 0.3) is 12.2 Å². The summed E-state index contributed by atoms with van der Waals surface area (Å²) in [5, 5.41) is 30.6. The zero-order chi connectivity index (χ0) is 51.1. The number of nitrogens with one attached hydrogen (secondary N) is 4. The molecule has 1 fully saturated rings. The Morgan fingerprint density at radius 2 is 0.853 bits per heavy atom. The van der Waals surface area contributed by atoms with Gasteiger partial charge in [-0.05, 0) is 83.9 Å². The summed E-state index contributed by atoms with van der Waals surface area (Å²) in [7, 11) is -20.0. The second-order valence-electron chi connectivity index (χ2n) is 14.8. The van der Waals surface area contributed by atoms with Gasteiger partial charge in [-0.15, -0.1) is 0 Å². The summed E-state index contributed by atoms with van der Waals surface area (Å²) in [6.07, 6.45) is 2.19. The second kappa shape index (κ2) is 28.7. The molecule has 0 atom stereocenters. The molecule has 4 aromatic carbocycles. The zero-order valence-electron chi connectivity index (χ0n) is 40.3. The van der Waals surface area contributed by atoms with Gasteiger partial charge in [0.2, 0.25) is 35.7 Å². The van der Waals surface area contributed by atoms with Crippen LogP contribution in [0, 0.1) is 0 Å². The minimum Gasteiger partial charge on any atom is -0.744 e. The van der Waals surface area contributed by atoms with E-state index in [9.17, 15) is 62.1 Å². The van der Waals surface area contributed by atoms with Crippen molar-refractivity contribution in [3.8, 4) is 0 Å². The molecule has 6 N–H and O–H groups in total. The average Bonchev–Trinajstić information content (AvgIpc) is 3.30. The summed E-state index contributed by atoms with van der Waals surface area (Å²) in [5.74, 6) is -0.524. The summed E-state index contributed by atoms with van der Waals surface area (Å²) >= 11 is 0. The van der Waals surface area contributed by atoms with Crippen LogP contribution >= 0.6 is 0 Å². The van der Waals surface area contributed by atoms with E-state index in [1.54, 1.807) is 4.90 Å². The van der Waals surface area contributed by atoms with Crippen molar-refractivity contribution >= 4 is 111 Å². The second-order valence-corrected chi connectivity index (χ2v) is 20.3. The standard InChI is InChI=1S/C40H42N12O15S4.4Na/c53-19-15-51(16-20-54)39-47-35(41-27-7-11-31(12-8-27)68(55,56)57)45-37(49-39)43-29-5-3-25(33(23-29)70(61,62)63)1-2-26-4-6-30(24-34(26)71(64,65)66)44-38-46-36(48-40(50-38)52-17-21-67-22-18-52)42-28-9-13-32(14-10-28)69(58,59)60;;;;/h1-14,23-24,53-54H,15-22H2,(H,55,56,57)(H,58,59,60)(H,61,62,63)(H,64,65,66)(H2,41,43,45,47,49)(H2,42,44,46,48,50);;;;/q;4*+1/p-4/b2-1+;;;;. The third-order valence-electron chi connectivity index (χ3n) is 9.88. The number of nitrogens with zero attached hydrogens (tertiary/aromatic N) is 8. The van der Waals surface area contributed by atoms with Gasteiger partial charge in [0, 0.05) is 48.9 Å². The summed E-state index contributed by atoms with van der Waals surface area (Å²) in [6, 6.07) is 16.4. The van der Waals surface area contributed by atoms with Gasteiger partial charge >= 0.3 is 118 Å². The maximum absolute atomic E-state index is 12.7. The molecule has 35 heteroatoms. The van der Waals surface area contributed by atoms with E-state index in [2.05, 4.69) is 51.2 Å². The Kier molecular flexibility index (Phi) is 25.4. The number of ether oxygens (including phenoxy) is 1. The Hall–Kier alpha value is -3.04. The zero-order valence-corrected chi connectivity index (χ0v) is 51.6. The molecule has 0 bridgehead atoms. The van der Waals surface area contributed by atoms with Gasteiger partial charge < -0.3 is 64.2 Å². The van der Waals surface area contributed by atoms with Crippen molar-refractivity contribution in [2.45, 2.75) is 19.6 Å². The van der Waals surface area contributed by atoms with Crippen LogP contribution in [0.4, 0.5) is 58.4 Å². The van der Waals surface area contributed by atoms with Crippen molar-refractivity contribution in [2.24, 2.45) is 0 Å². The van der Waals surface area contributed by atoms with Crippen molar-refractivity contribution in [3.63, 3.8) is 0 Å². The van der Waals surface area contributed by atoms with Gasteiger partial charge in [-0.1, -0.05) is 24.3 Å². The average molecular weight is 1150 g/mol. The molecule has 6 aromatic rings. The molecule has 27 nitrogen and oxygen atoms in total. The fourth-order valence-electron chi connectivity index (χ4n) is 6.59. The van der Waals surface area contributed by atoms with E-state index in [-0.39, 0.29) is 208 Å².